The number of aryl methyl sites for hydroxylation is 1. The molecule has 0 saturated carbocycles. The topological polar surface area (TPSA) is 83.8 Å². The van der Waals surface area contributed by atoms with E-state index in [-0.39, 0.29) is 11.5 Å². The summed E-state index contributed by atoms with van der Waals surface area (Å²) < 4.78 is 37.9. The van der Waals surface area contributed by atoms with Crippen LogP contribution >= 0.6 is 0 Å². The largest absolute Gasteiger partial charge is 0.508 e. The Labute approximate surface area is 187 Å². The molecule has 6 heteroatoms. The molecule has 31 heavy (non-hydrogen) atoms. The van der Waals surface area contributed by atoms with Gasteiger partial charge in [-0.15, -0.1) is 0 Å². The standard InChI is InChI=1S/C25H36O5S/c1-2-3-4-5-6-7-8-9-10-11-12-13-21-14-17-23(18-15-21)30-24-19-16-22(26)20-25(24)31(27,28)29/h14-20,26H,2-13H2,1H3,(H,27,28,29). The minimum Gasteiger partial charge on any atom is -0.508 e. The predicted molar refractivity (Wildman–Crippen MR) is 125 cm³/mol. The van der Waals surface area contributed by atoms with Crippen LogP contribution < -0.4 is 4.74 Å². The van der Waals surface area contributed by atoms with E-state index in [4.69, 9.17) is 4.74 Å². The first-order valence-corrected chi connectivity index (χ1v) is 12.9. The third kappa shape index (κ3) is 9.74. The van der Waals surface area contributed by atoms with Crippen molar-refractivity contribution < 1.29 is 22.8 Å². The van der Waals surface area contributed by atoms with Gasteiger partial charge >= 0.3 is 0 Å². The van der Waals surface area contributed by atoms with Gasteiger partial charge in [0.15, 0.2) is 0 Å². The summed E-state index contributed by atoms with van der Waals surface area (Å²) in [6, 6.07) is 11.1. The lowest BCUT2D eigenvalue weighted by atomic mass is 10.0. The Kier molecular flexibility index (Phi) is 10.9. The Hall–Kier alpha value is -2.05. The molecule has 2 N–H and O–H groups in total. The van der Waals surface area contributed by atoms with E-state index in [9.17, 15) is 18.1 Å². The highest BCUT2D eigenvalue weighted by Crippen LogP contribution is 2.31. The van der Waals surface area contributed by atoms with E-state index >= 15 is 0 Å². The van der Waals surface area contributed by atoms with Crippen LogP contribution in [0.1, 0.15) is 83.1 Å². The highest BCUT2D eigenvalue weighted by atomic mass is 32.2. The van der Waals surface area contributed by atoms with Gasteiger partial charge in [-0.1, -0.05) is 83.3 Å². The average molecular weight is 449 g/mol. The summed E-state index contributed by atoms with van der Waals surface area (Å²) in [4.78, 5) is -0.461. The molecule has 5 nitrogen and oxygen atoms in total. The van der Waals surface area contributed by atoms with Gasteiger partial charge in [0, 0.05) is 6.07 Å². The quantitative estimate of drug-likeness (QED) is 0.221. The molecule has 0 aromatic heterocycles. The maximum Gasteiger partial charge on any atom is 0.298 e. The number of benzene rings is 2. The van der Waals surface area contributed by atoms with Crippen molar-refractivity contribution in [2.45, 2.75) is 88.9 Å². The Bertz CT molecular complexity index is 875. The number of rotatable bonds is 15. The summed E-state index contributed by atoms with van der Waals surface area (Å²) in [6.45, 7) is 2.25. The van der Waals surface area contributed by atoms with Gasteiger partial charge in [0.2, 0.25) is 0 Å². The van der Waals surface area contributed by atoms with Crippen molar-refractivity contribution in [3.63, 3.8) is 0 Å². The lowest BCUT2D eigenvalue weighted by molar-refractivity contribution is 0.439. The van der Waals surface area contributed by atoms with E-state index < -0.39 is 15.0 Å². The minimum absolute atomic E-state index is 0.0292. The van der Waals surface area contributed by atoms with E-state index in [1.807, 2.05) is 12.1 Å². The molecular weight excluding hydrogens is 412 g/mol. The number of hydrogen-bond acceptors (Lipinski definition) is 4. The van der Waals surface area contributed by atoms with Gasteiger partial charge < -0.3 is 9.84 Å². The van der Waals surface area contributed by atoms with Crippen molar-refractivity contribution in [1.82, 2.24) is 0 Å². The summed E-state index contributed by atoms with van der Waals surface area (Å²) in [5.41, 5.74) is 1.21. The molecule has 0 amide bonds. The Balaban J connectivity index is 1.69. The predicted octanol–water partition coefficient (Wildman–Crippen LogP) is 7.28. The molecule has 0 radical (unpaired) electrons. The molecule has 2 rings (SSSR count). The van der Waals surface area contributed by atoms with E-state index in [0.29, 0.717) is 5.75 Å². The molecule has 0 atom stereocenters. The Morgan fingerprint density at radius 1 is 0.774 bits per heavy atom. The molecule has 0 unspecified atom stereocenters. The van der Waals surface area contributed by atoms with Gasteiger partial charge in [0.05, 0.1) is 0 Å². The molecule has 0 bridgehead atoms. The van der Waals surface area contributed by atoms with E-state index in [2.05, 4.69) is 6.92 Å². The van der Waals surface area contributed by atoms with Gasteiger partial charge in [-0.2, -0.15) is 8.42 Å². The molecule has 0 spiro atoms. The van der Waals surface area contributed by atoms with Crippen molar-refractivity contribution >= 4 is 10.1 Å². The molecule has 2 aromatic rings. The zero-order valence-electron chi connectivity index (χ0n) is 18.6. The molecule has 2 aromatic carbocycles. The van der Waals surface area contributed by atoms with Gasteiger partial charge in [-0.05, 0) is 42.7 Å². The Morgan fingerprint density at radius 3 is 1.87 bits per heavy atom. The molecule has 0 aliphatic heterocycles. The second kappa shape index (κ2) is 13.4. The highest BCUT2D eigenvalue weighted by molar-refractivity contribution is 7.86. The van der Waals surface area contributed by atoms with Crippen LogP contribution in [0.25, 0.3) is 0 Å². The van der Waals surface area contributed by atoms with Crippen molar-refractivity contribution in [2.24, 2.45) is 0 Å². The molecular formula is C25H36O5S. The normalized spacial score (nSPS) is 11.5. The molecule has 0 fully saturated rings. The first kappa shape index (κ1) is 25.2. The van der Waals surface area contributed by atoms with Gasteiger partial charge in [0.25, 0.3) is 10.1 Å². The molecule has 172 valence electrons. The zero-order valence-corrected chi connectivity index (χ0v) is 19.4. The van der Waals surface area contributed by atoms with E-state index in [0.717, 1.165) is 18.9 Å². The van der Waals surface area contributed by atoms with Crippen LogP contribution in [0, 0.1) is 0 Å². The van der Waals surface area contributed by atoms with Crippen LogP contribution in [-0.2, 0) is 16.5 Å². The fourth-order valence-electron chi connectivity index (χ4n) is 3.63. The van der Waals surface area contributed by atoms with Crippen LogP contribution in [0.3, 0.4) is 0 Å². The number of hydrogen-bond donors (Lipinski definition) is 2. The minimum atomic E-state index is -4.50. The summed E-state index contributed by atoms with van der Waals surface area (Å²) in [7, 11) is -4.50. The molecule has 0 heterocycles. The fourth-order valence-corrected chi connectivity index (χ4v) is 4.26. The monoisotopic (exact) mass is 448 g/mol. The second-order valence-corrected chi connectivity index (χ2v) is 9.53. The number of phenols is 1. The van der Waals surface area contributed by atoms with Crippen molar-refractivity contribution in [2.75, 3.05) is 0 Å². The third-order valence-corrected chi connectivity index (χ3v) is 6.30. The van der Waals surface area contributed by atoms with Crippen molar-refractivity contribution in [3.05, 3.63) is 48.0 Å². The van der Waals surface area contributed by atoms with Gasteiger partial charge in [-0.25, -0.2) is 0 Å². The SMILES string of the molecule is CCCCCCCCCCCCCc1ccc(Oc2ccc(O)cc2S(=O)(=O)O)cc1. The smallest absolute Gasteiger partial charge is 0.298 e. The maximum absolute atomic E-state index is 11.5. The first-order chi connectivity index (χ1) is 14.9. The maximum atomic E-state index is 11.5. The lowest BCUT2D eigenvalue weighted by Gasteiger charge is -2.10. The summed E-state index contributed by atoms with van der Waals surface area (Å²) in [5, 5.41) is 9.47. The van der Waals surface area contributed by atoms with Crippen LogP contribution in [0.5, 0.6) is 17.2 Å². The lowest BCUT2D eigenvalue weighted by Crippen LogP contribution is -2.01. The average Bonchev–Trinajstić information content (AvgIpc) is 2.73. The number of unbranched alkanes of at least 4 members (excludes halogenated alkanes) is 10. The van der Waals surface area contributed by atoms with Crippen LogP contribution in [0.15, 0.2) is 47.4 Å². The van der Waals surface area contributed by atoms with E-state index in [1.54, 1.807) is 12.1 Å². The fraction of sp³-hybridized carbons (Fsp3) is 0.520. The third-order valence-electron chi connectivity index (χ3n) is 5.43. The first-order valence-electron chi connectivity index (χ1n) is 11.5. The zero-order chi connectivity index (χ0) is 22.5. The Morgan fingerprint density at radius 2 is 1.32 bits per heavy atom. The number of aromatic hydroxyl groups is 1. The van der Waals surface area contributed by atoms with Gasteiger partial charge in [-0.3, -0.25) is 4.55 Å². The summed E-state index contributed by atoms with van der Waals surface area (Å²) >= 11 is 0. The number of phenolic OH excluding ortho intramolecular Hbond substituents is 1. The second-order valence-electron chi connectivity index (χ2n) is 8.14. The molecule has 0 aliphatic rings. The van der Waals surface area contributed by atoms with Crippen molar-refractivity contribution in [1.29, 1.82) is 0 Å². The summed E-state index contributed by atoms with van der Waals surface area (Å²) in [6.07, 6.45) is 15.6. The molecule has 0 aliphatic carbocycles. The van der Waals surface area contributed by atoms with Crippen molar-refractivity contribution in [3.8, 4) is 17.2 Å². The van der Waals surface area contributed by atoms with Gasteiger partial charge in [0.1, 0.15) is 22.1 Å². The highest BCUT2D eigenvalue weighted by Gasteiger charge is 2.18. The number of ether oxygens (including phenoxy) is 1. The van der Waals surface area contributed by atoms with E-state index in [1.165, 1.54) is 81.9 Å². The summed E-state index contributed by atoms with van der Waals surface area (Å²) in [5.74, 6) is 0.180. The van der Waals surface area contributed by atoms with Crippen LogP contribution in [0.4, 0.5) is 0 Å². The van der Waals surface area contributed by atoms with Crippen LogP contribution in [0.2, 0.25) is 0 Å². The molecule has 0 saturated heterocycles. The van der Waals surface area contributed by atoms with Crippen LogP contribution in [-0.4, -0.2) is 18.1 Å².